The highest BCUT2D eigenvalue weighted by atomic mass is 32.2. The van der Waals surface area contributed by atoms with E-state index >= 15 is 0 Å². The number of amidine groups is 1. The molecule has 21 heavy (non-hydrogen) atoms. The SMILES string of the molecule is C[C@H]1C[C@H]2[C@@H](CF)SC(N)=N[C@@]2(c2ccccc2F)CO1. The number of rotatable bonds is 2. The van der Waals surface area contributed by atoms with Crippen LogP contribution in [0.25, 0.3) is 0 Å². The van der Waals surface area contributed by atoms with Crippen LogP contribution in [0, 0.1) is 11.7 Å². The van der Waals surface area contributed by atoms with E-state index in [2.05, 4.69) is 4.99 Å². The summed E-state index contributed by atoms with van der Waals surface area (Å²) in [5.74, 6) is -0.470. The van der Waals surface area contributed by atoms with Crippen LogP contribution in [-0.4, -0.2) is 29.8 Å². The number of ether oxygens (including phenoxy) is 1. The normalized spacial score (nSPS) is 36.0. The lowest BCUT2D eigenvalue weighted by Crippen LogP contribution is -2.53. The van der Waals surface area contributed by atoms with Gasteiger partial charge in [0.05, 0.1) is 12.7 Å². The fourth-order valence-electron chi connectivity index (χ4n) is 3.32. The molecule has 4 atom stereocenters. The van der Waals surface area contributed by atoms with Crippen molar-refractivity contribution in [1.29, 1.82) is 0 Å². The van der Waals surface area contributed by atoms with Gasteiger partial charge in [0.1, 0.15) is 18.0 Å². The molecule has 0 spiro atoms. The minimum Gasteiger partial charge on any atom is -0.379 e. The minimum atomic E-state index is -0.913. The number of hydrogen-bond acceptors (Lipinski definition) is 4. The van der Waals surface area contributed by atoms with Crippen LogP contribution in [0.1, 0.15) is 18.9 Å². The van der Waals surface area contributed by atoms with Gasteiger partial charge in [-0.15, -0.1) is 0 Å². The zero-order valence-electron chi connectivity index (χ0n) is 11.8. The molecule has 1 saturated heterocycles. The smallest absolute Gasteiger partial charge is 0.155 e. The van der Waals surface area contributed by atoms with Crippen molar-refractivity contribution in [3.63, 3.8) is 0 Å². The molecule has 0 bridgehead atoms. The Hall–Kier alpha value is -1.14. The minimum absolute atomic E-state index is 0.0130. The molecule has 0 unspecified atom stereocenters. The standard InChI is InChI=1S/C15H18F2N2OS/c1-9-6-11-13(7-16)21-14(18)19-15(11,8-20-9)10-4-2-3-5-12(10)17/h2-5,9,11,13H,6-8H2,1H3,(H2,18,19)/t9-,11-,13+,15+/m0/s1. The van der Waals surface area contributed by atoms with Crippen LogP contribution in [0.15, 0.2) is 29.3 Å². The fourth-order valence-corrected chi connectivity index (χ4v) is 4.41. The molecule has 1 aromatic carbocycles. The Balaban J connectivity index is 2.14. The molecule has 114 valence electrons. The first-order valence-electron chi connectivity index (χ1n) is 7.01. The maximum Gasteiger partial charge on any atom is 0.155 e. The highest BCUT2D eigenvalue weighted by Crippen LogP contribution is 2.49. The molecule has 0 aromatic heterocycles. The third-order valence-electron chi connectivity index (χ3n) is 4.31. The van der Waals surface area contributed by atoms with E-state index in [0.717, 1.165) is 0 Å². The van der Waals surface area contributed by atoms with Crippen molar-refractivity contribution in [2.24, 2.45) is 16.6 Å². The van der Waals surface area contributed by atoms with Gasteiger partial charge in [0, 0.05) is 16.7 Å². The summed E-state index contributed by atoms with van der Waals surface area (Å²) in [6.45, 7) is 1.68. The van der Waals surface area contributed by atoms with Crippen molar-refractivity contribution in [3.05, 3.63) is 35.6 Å². The van der Waals surface area contributed by atoms with Gasteiger partial charge in [0.25, 0.3) is 0 Å². The Morgan fingerprint density at radius 2 is 2.24 bits per heavy atom. The first-order chi connectivity index (χ1) is 10.1. The average Bonchev–Trinajstić information content (AvgIpc) is 2.47. The average molecular weight is 312 g/mol. The van der Waals surface area contributed by atoms with E-state index in [1.165, 1.54) is 17.8 Å². The zero-order chi connectivity index (χ0) is 15.0. The summed E-state index contributed by atoms with van der Waals surface area (Å²) >= 11 is 1.25. The number of thioether (sulfide) groups is 1. The lowest BCUT2D eigenvalue weighted by atomic mass is 9.72. The van der Waals surface area contributed by atoms with Crippen LogP contribution in [0.4, 0.5) is 8.78 Å². The summed E-state index contributed by atoms with van der Waals surface area (Å²) in [5, 5.41) is -0.0104. The van der Waals surface area contributed by atoms with E-state index in [1.807, 2.05) is 6.92 Å². The van der Waals surface area contributed by atoms with Crippen molar-refractivity contribution in [3.8, 4) is 0 Å². The van der Waals surface area contributed by atoms with E-state index in [-0.39, 0.29) is 29.7 Å². The van der Waals surface area contributed by atoms with Crippen LogP contribution >= 0.6 is 11.8 Å². The van der Waals surface area contributed by atoms with Crippen molar-refractivity contribution in [2.45, 2.75) is 30.2 Å². The van der Waals surface area contributed by atoms with E-state index in [9.17, 15) is 8.78 Å². The van der Waals surface area contributed by atoms with Crippen LogP contribution < -0.4 is 5.73 Å². The summed E-state index contributed by atoms with van der Waals surface area (Å²) < 4.78 is 33.5. The molecule has 2 aliphatic rings. The topological polar surface area (TPSA) is 47.6 Å². The number of nitrogens with two attached hydrogens (primary N) is 1. The van der Waals surface area contributed by atoms with Gasteiger partial charge < -0.3 is 10.5 Å². The predicted octanol–water partition coefficient (Wildman–Crippen LogP) is 2.85. The number of benzene rings is 1. The van der Waals surface area contributed by atoms with Crippen LogP contribution in [-0.2, 0) is 10.3 Å². The van der Waals surface area contributed by atoms with Crippen molar-refractivity contribution < 1.29 is 13.5 Å². The van der Waals surface area contributed by atoms with Crippen LogP contribution in [0.5, 0.6) is 0 Å². The van der Waals surface area contributed by atoms with Gasteiger partial charge >= 0.3 is 0 Å². The number of aliphatic imine (C=N–C) groups is 1. The van der Waals surface area contributed by atoms with E-state index in [1.54, 1.807) is 18.2 Å². The number of alkyl halides is 1. The number of hydrogen-bond donors (Lipinski definition) is 1. The molecule has 3 rings (SSSR count). The third kappa shape index (κ3) is 2.44. The van der Waals surface area contributed by atoms with Gasteiger partial charge in [-0.1, -0.05) is 30.0 Å². The molecule has 0 amide bonds. The summed E-state index contributed by atoms with van der Waals surface area (Å²) in [6, 6.07) is 6.50. The maximum atomic E-state index is 14.3. The summed E-state index contributed by atoms with van der Waals surface area (Å²) in [5.41, 5.74) is 5.42. The molecule has 2 N–H and O–H groups in total. The molecular formula is C15H18F2N2OS. The highest BCUT2D eigenvalue weighted by Gasteiger charge is 2.52. The Kier molecular flexibility index (Phi) is 3.92. The molecule has 0 saturated carbocycles. The predicted molar refractivity (Wildman–Crippen MR) is 80.6 cm³/mol. The maximum absolute atomic E-state index is 14.3. The molecule has 2 heterocycles. The number of halogens is 2. The molecule has 1 aromatic rings. The second kappa shape index (κ2) is 5.57. The second-order valence-electron chi connectivity index (χ2n) is 5.63. The van der Waals surface area contributed by atoms with E-state index < -0.39 is 12.2 Å². The van der Waals surface area contributed by atoms with Crippen LogP contribution in [0.3, 0.4) is 0 Å². The molecule has 0 aliphatic carbocycles. The van der Waals surface area contributed by atoms with E-state index in [4.69, 9.17) is 10.5 Å². The highest BCUT2D eigenvalue weighted by molar-refractivity contribution is 8.14. The van der Waals surface area contributed by atoms with Gasteiger partial charge in [-0.3, -0.25) is 0 Å². The van der Waals surface area contributed by atoms with Gasteiger partial charge in [-0.2, -0.15) is 0 Å². The summed E-state index contributed by atoms with van der Waals surface area (Å²) in [6.07, 6.45) is 0.659. The van der Waals surface area contributed by atoms with Gasteiger partial charge in [-0.25, -0.2) is 13.8 Å². The molecule has 0 radical (unpaired) electrons. The Morgan fingerprint density at radius 3 is 2.95 bits per heavy atom. The van der Waals surface area contributed by atoms with Gasteiger partial charge in [0.15, 0.2) is 5.17 Å². The monoisotopic (exact) mass is 312 g/mol. The van der Waals surface area contributed by atoms with E-state index in [0.29, 0.717) is 17.2 Å². The van der Waals surface area contributed by atoms with Gasteiger partial charge in [0.2, 0.25) is 0 Å². The first-order valence-corrected chi connectivity index (χ1v) is 7.89. The molecule has 3 nitrogen and oxygen atoms in total. The zero-order valence-corrected chi connectivity index (χ0v) is 12.6. The van der Waals surface area contributed by atoms with Crippen LogP contribution in [0.2, 0.25) is 0 Å². The number of fused-ring (bicyclic) bond motifs is 1. The van der Waals surface area contributed by atoms with Crippen molar-refractivity contribution >= 4 is 16.9 Å². The summed E-state index contributed by atoms with van der Waals surface area (Å²) in [4.78, 5) is 4.53. The molecule has 6 heteroatoms. The third-order valence-corrected chi connectivity index (χ3v) is 5.40. The fraction of sp³-hybridized carbons (Fsp3) is 0.533. The quantitative estimate of drug-likeness (QED) is 0.913. The molecule has 1 fully saturated rings. The number of nitrogens with zero attached hydrogens (tertiary/aromatic N) is 1. The van der Waals surface area contributed by atoms with Gasteiger partial charge in [-0.05, 0) is 19.4 Å². The first kappa shape index (κ1) is 14.8. The molecular weight excluding hydrogens is 294 g/mol. The van der Waals surface area contributed by atoms with Crippen molar-refractivity contribution in [2.75, 3.05) is 13.3 Å². The lowest BCUT2D eigenvalue weighted by molar-refractivity contribution is -0.0557. The second-order valence-corrected chi connectivity index (χ2v) is 6.89. The molecule has 2 aliphatic heterocycles. The summed E-state index contributed by atoms with van der Waals surface area (Å²) in [7, 11) is 0. The Bertz CT molecular complexity index is 568. The van der Waals surface area contributed by atoms with Crippen molar-refractivity contribution in [1.82, 2.24) is 0 Å². The Labute approximate surface area is 127 Å². The lowest BCUT2D eigenvalue weighted by Gasteiger charge is -2.48. The Morgan fingerprint density at radius 1 is 1.48 bits per heavy atom. The largest absolute Gasteiger partial charge is 0.379 e.